The van der Waals surface area contributed by atoms with Crippen LogP contribution in [-0.2, 0) is 10.0 Å². The largest absolute Gasteiger partial charge is 0.490 e. The van der Waals surface area contributed by atoms with Crippen LogP contribution >= 0.6 is 0 Å². The summed E-state index contributed by atoms with van der Waals surface area (Å²) in [6.07, 6.45) is 1.34. The Labute approximate surface area is 181 Å². The molecule has 0 saturated carbocycles. The van der Waals surface area contributed by atoms with E-state index in [0.717, 1.165) is 5.56 Å². The molecule has 3 aromatic rings. The monoisotopic (exact) mass is 438 g/mol. The van der Waals surface area contributed by atoms with Gasteiger partial charge in [-0.3, -0.25) is 0 Å². The van der Waals surface area contributed by atoms with Crippen LogP contribution in [0.25, 0.3) is 0 Å². The molecule has 3 rings (SSSR count). The number of nitrogens with zero attached hydrogens (tertiary/aromatic N) is 1. The fourth-order valence-corrected chi connectivity index (χ4v) is 3.42. The molecule has 0 amide bonds. The smallest absolute Gasteiger partial charge is 0.343 e. The molecule has 8 heteroatoms. The van der Waals surface area contributed by atoms with Gasteiger partial charge in [0.25, 0.3) is 10.0 Å². The highest BCUT2D eigenvalue weighted by atomic mass is 32.2. The summed E-state index contributed by atoms with van der Waals surface area (Å²) in [6, 6.07) is 19.9. The third kappa shape index (κ3) is 5.93. The molecule has 0 saturated heterocycles. The Bertz CT molecular complexity index is 1170. The van der Waals surface area contributed by atoms with Gasteiger partial charge < -0.3 is 9.47 Å². The Kier molecular flexibility index (Phi) is 7.04. The second-order valence-electron chi connectivity index (χ2n) is 6.56. The Balaban J connectivity index is 1.74. The van der Waals surface area contributed by atoms with Crippen molar-refractivity contribution in [1.29, 1.82) is 0 Å². The highest BCUT2D eigenvalue weighted by molar-refractivity contribution is 7.89. The Morgan fingerprint density at radius 1 is 1.00 bits per heavy atom. The molecule has 3 aromatic carbocycles. The molecule has 0 heterocycles. The first-order chi connectivity index (χ1) is 14.9. The maximum atomic E-state index is 12.3. The lowest BCUT2D eigenvalue weighted by atomic mass is 10.2. The van der Waals surface area contributed by atoms with E-state index in [4.69, 9.17) is 9.47 Å². The van der Waals surface area contributed by atoms with Gasteiger partial charge in [-0.1, -0.05) is 35.9 Å². The van der Waals surface area contributed by atoms with E-state index in [1.54, 1.807) is 61.5 Å². The van der Waals surface area contributed by atoms with Crippen LogP contribution in [0.1, 0.15) is 28.4 Å². The maximum Gasteiger partial charge on any atom is 0.343 e. The summed E-state index contributed by atoms with van der Waals surface area (Å²) in [5.74, 6) is 0.0963. The first kappa shape index (κ1) is 22.0. The molecule has 0 fully saturated rings. The summed E-state index contributed by atoms with van der Waals surface area (Å²) < 4.78 is 35.6. The first-order valence-electron chi connectivity index (χ1n) is 9.54. The molecule has 31 heavy (non-hydrogen) atoms. The van der Waals surface area contributed by atoms with Crippen molar-refractivity contribution in [3.63, 3.8) is 0 Å². The number of aryl methyl sites for hydroxylation is 1. The van der Waals surface area contributed by atoms with Crippen LogP contribution in [0.15, 0.2) is 82.8 Å². The van der Waals surface area contributed by atoms with Crippen LogP contribution in [0.5, 0.6) is 11.5 Å². The van der Waals surface area contributed by atoms with Crippen molar-refractivity contribution in [3.8, 4) is 11.5 Å². The van der Waals surface area contributed by atoms with Gasteiger partial charge in [0.05, 0.1) is 23.3 Å². The van der Waals surface area contributed by atoms with Crippen molar-refractivity contribution >= 4 is 22.2 Å². The molecule has 0 spiro atoms. The number of hydrogen-bond acceptors (Lipinski definition) is 6. The molecule has 7 nitrogen and oxygen atoms in total. The molecule has 0 aliphatic carbocycles. The van der Waals surface area contributed by atoms with Crippen LogP contribution in [0.4, 0.5) is 0 Å². The third-order valence-corrected chi connectivity index (χ3v) is 5.44. The van der Waals surface area contributed by atoms with Gasteiger partial charge in [0.15, 0.2) is 11.5 Å². The number of esters is 1. The minimum Gasteiger partial charge on any atom is -0.490 e. The number of ether oxygens (including phenoxy) is 2. The molecule has 0 atom stereocenters. The van der Waals surface area contributed by atoms with E-state index in [1.165, 1.54) is 18.3 Å². The van der Waals surface area contributed by atoms with Crippen molar-refractivity contribution < 1.29 is 22.7 Å². The first-order valence-corrected chi connectivity index (χ1v) is 11.0. The highest BCUT2D eigenvalue weighted by Crippen LogP contribution is 2.29. The summed E-state index contributed by atoms with van der Waals surface area (Å²) in [5, 5.41) is 3.83. The number of carbonyl (C=O) groups excluding carboxylic acids is 1. The fraction of sp³-hybridized carbons (Fsp3) is 0.130. The van der Waals surface area contributed by atoms with Crippen LogP contribution < -0.4 is 14.3 Å². The summed E-state index contributed by atoms with van der Waals surface area (Å²) in [7, 11) is -3.77. The molecule has 0 aliphatic heterocycles. The van der Waals surface area contributed by atoms with Gasteiger partial charge in [-0.15, -0.1) is 0 Å². The van der Waals surface area contributed by atoms with E-state index in [-0.39, 0.29) is 10.6 Å². The number of rotatable bonds is 8. The standard InChI is InChI=1S/C23H22N2O5S/c1-3-29-22-15-18(11-14-21(22)30-23(26)19-7-5-4-6-8-19)16-24-25-31(27,28)20-12-9-17(2)10-13-20/h4-16,25H,3H2,1-2H3/b24-16-. The van der Waals surface area contributed by atoms with E-state index in [0.29, 0.717) is 23.5 Å². The van der Waals surface area contributed by atoms with E-state index >= 15 is 0 Å². The van der Waals surface area contributed by atoms with Gasteiger partial charge in [0, 0.05) is 0 Å². The lowest BCUT2D eigenvalue weighted by Gasteiger charge is -2.11. The molecule has 0 radical (unpaired) electrons. The Morgan fingerprint density at radius 3 is 2.39 bits per heavy atom. The van der Waals surface area contributed by atoms with Gasteiger partial charge in [-0.25, -0.2) is 9.63 Å². The van der Waals surface area contributed by atoms with Crippen molar-refractivity contribution in [1.82, 2.24) is 4.83 Å². The lowest BCUT2D eigenvalue weighted by molar-refractivity contribution is 0.0728. The quantitative estimate of drug-likeness (QED) is 0.249. The average molecular weight is 439 g/mol. The zero-order valence-corrected chi connectivity index (χ0v) is 17.9. The number of carbonyl (C=O) groups is 1. The summed E-state index contributed by atoms with van der Waals surface area (Å²) >= 11 is 0. The molecular formula is C23H22N2O5S. The van der Waals surface area contributed by atoms with Crippen LogP contribution in [0.3, 0.4) is 0 Å². The molecule has 0 aromatic heterocycles. The third-order valence-electron chi connectivity index (χ3n) is 4.20. The van der Waals surface area contributed by atoms with Crippen molar-refractivity contribution in [3.05, 3.63) is 89.5 Å². The van der Waals surface area contributed by atoms with Crippen molar-refractivity contribution in [2.45, 2.75) is 18.7 Å². The normalized spacial score (nSPS) is 11.3. The Hall–Kier alpha value is -3.65. The van der Waals surface area contributed by atoms with Gasteiger partial charge in [0.2, 0.25) is 0 Å². The molecule has 1 N–H and O–H groups in total. The van der Waals surface area contributed by atoms with Crippen LogP contribution in [-0.4, -0.2) is 27.2 Å². The average Bonchev–Trinajstić information content (AvgIpc) is 2.76. The van der Waals surface area contributed by atoms with Crippen LogP contribution in [0, 0.1) is 6.92 Å². The second-order valence-corrected chi connectivity index (χ2v) is 8.22. The number of sulfonamides is 1. The molecular weight excluding hydrogens is 416 g/mol. The highest BCUT2D eigenvalue weighted by Gasteiger charge is 2.14. The number of nitrogens with one attached hydrogen (secondary N) is 1. The van der Waals surface area contributed by atoms with E-state index in [2.05, 4.69) is 9.93 Å². The van der Waals surface area contributed by atoms with Crippen molar-refractivity contribution in [2.75, 3.05) is 6.61 Å². The molecule has 160 valence electrons. The van der Waals surface area contributed by atoms with Gasteiger partial charge >= 0.3 is 5.97 Å². The van der Waals surface area contributed by atoms with Gasteiger partial charge in [0.1, 0.15) is 0 Å². The van der Waals surface area contributed by atoms with E-state index in [1.807, 2.05) is 13.0 Å². The molecule has 0 aliphatic rings. The number of hydrogen-bond donors (Lipinski definition) is 1. The second kappa shape index (κ2) is 9.90. The summed E-state index contributed by atoms with van der Waals surface area (Å²) in [5.41, 5.74) is 1.94. The fourth-order valence-electron chi connectivity index (χ4n) is 2.63. The Morgan fingerprint density at radius 2 is 1.71 bits per heavy atom. The molecule has 0 unspecified atom stereocenters. The zero-order valence-electron chi connectivity index (χ0n) is 17.1. The maximum absolute atomic E-state index is 12.3. The van der Waals surface area contributed by atoms with E-state index < -0.39 is 16.0 Å². The number of benzene rings is 3. The van der Waals surface area contributed by atoms with E-state index in [9.17, 15) is 13.2 Å². The lowest BCUT2D eigenvalue weighted by Crippen LogP contribution is -2.18. The summed E-state index contributed by atoms with van der Waals surface area (Å²) in [4.78, 5) is 14.6. The minimum atomic E-state index is -3.77. The predicted molar refractivity (Wildman–Crippen MR) is 118 cm³/mol. The van der Waals surface area contributed by atoms with Crippen LogP contribution in [0.2, 0.25) is 0 Å². The summed E-state index contributed by atoms with van der Waals surface area (Å²) in [6.45, 7) is 4.04. The zero-order chi connectivity index (χ0) is 22.3. The van der Waals surface area contributed by atoms with Crippen molar-refractivity contribution in [2.24, 2.45) is 5.10 Å². The SMILES string of the molecule is CCOc1cc(/C=N\NS(=O)(=O)c2ccc(C)cc2)ccc1OC(=O)c1ccccc1. The topological polar surface area (TPSA) is 94.1 Å². The van der Waals surface area contributed by atoms with Gasteiger partial charge in [-0.05, 0) is 61.9 Å². The molecule has 0 bridgehead atoms. The number of hydrazone groups is 1. The van der Waals surface area contributed by atoms with Gasteiger partial charge in [-0.2, -0.15) is 13.5 Å². The predicted octanol–water partition coefficient (Wildman–Crippen LogP) is 3.93. The minimum absolute atomic E-state index is 0.119.